The van der Waals surface area contributed by atoms with Crippen LogP contribution in [0.15, 0.2) is 48.0 Å². The summed E-state index contributed by atoms with van der Waals surface area (Å²) in [5, 5.41) is 6.93. The van der Waals surface area contributed by atoms with Gasteiger partial charge < -0.3 is 19.9 Å². The Morgan fingerprint density at radius 2 is 1.96 bits per heavy atom. The Kier molecular flexibility index (Phi) is 9.24. The number of hydrogen-bond acceptors (Lipinski definition) is 3. The van der Waals surface area contributed by atoms with Crippen LogP contribution in [0.25, 0.3) is 0 Å². The zero-order valence-corrected chi connectivity index (χ0v) is 19.2. The predicted octanol–water partition coefficient (Wildman–Crippen LogP) is 3.42. The first-order valence-electron chi connectivity index (χ1n) is 9.70. The highest BCUT2D eigenvalue weighted by Crippen LogP contribution is 2.43. The van der Waals surface area contributed by atoms with Crippen molar-refractivity contribution in [2.45, 2.75) is 38.8 Å². The molecular formula is C21H32IN5O. The summed E-state index contributed by atoms with van der Waals surface area (Å²) < 4.78 is 7.34. The van der Waals surface area contributed by atoms with Crippen LogP contribution in [-0.4, -0.2) is 42.8 Å². The Morgan fingerprint density at radius 1 is 1.21 bits per heavy atom. The molecule has 1 heterocycles. The van der Waals surface area contributed by atoms with Crippen LogP contribution in [-0.2, 0) is 17.8 Å². The SMILES string of the molecule is CN=C(NCc1ccc(Cn2ccnc2)cc1)NCC1(CCOC)CCC1.I. The molecule has 154 valence electrons. The molecule has 6 nitrogen and oxygen atoms in total. The molecule has 0 saturated heterocycles. The van der Waals surface area contributed by atoms with Crippen LogP contribution in [0.1, 0.15) is 36.8 Å². The summed E-state index contributed by atoms with van der Waals surface area (Å²) in [6.45, 7) is 3.40. The van der Waals surface area contributed by atoms with Gasteiger partial charge in [0.2, 0.25) is 0 Å². The molecule has 1 fully saturated rings. The number of aliphatic imine (C=N–C) groups is 1. The van der Waals surface area contributed by atoms with Gasteiger partial charge in [0.05, 0.1) is 6.33 Å². The maximum atomic E-state index is 5.28. The number of guanidine groups is 1. The van der Waals surface area contributed by atoms with Crippen molar-refractivity contribution in [2.24, 2.45) is 10.4 Å². The first-order valence-corrected chi connectivity index (χ1v) is 9.70. The van der Waals surface area contributed by atoms with E-state index in [1.165, 1.54) is 30.4 Å². The standard InChI is InChI=1S/C21H31N5O.HI/c1-22-20(25-16-21(8-3-9-21)10-13-27-2)24-14-18-4-6-19(7-5-18)15-26-12-11-23-17-26;/h4-7,11-12,17H,3,8-10,13-16H2,1-2H3,(H2,22,24,25);1H. The molecule has 1 aromatic heterocycles. The second-order valence-corrected chi connectivity index (χ2v) is 7.43. The van der Waals surface area contributed by atoms with Gasteiger partial charge in [0.15, 0.2) is 5.96 Å². The van der Waals surface area contributed by atoms with Crippen molar-refractivity contribution in [1.29, 1.82) is 0 Å². The number of nitrogens with one attached hydrogen (secondary N) is 2. The number of nitrogens with zero attached hydrogens (tertiary/aromatic N) is 3. The third-order valence-electron chi connectivity index (χ3n) is 5.51. The van der Waals surface area contributed by atoms with Crippen molar-refractivity contribution in [2.75, 3.05) is 27.3 Å². The molecule has 0 amide bonds. The summed E-state index contributed by atoms with van der Waals surface area (Å²) in [5.74, 6) is 0.862. The van der Waals surface area contributed by atoms with Crippen molar-refractivity contribution in [1.82, 2.24) is 20.2 Å². The third kappa shape index (κ3) is 6.48. The number of benzene rings is 1. The summed E-state index contributed by atoms with van der Waals surface area (Å²) in [4.78, 5) is 8.45. The van der Waals surface area contributed by atoms with Crippen LogP contribution in [0.2, 0.25) is 0 Å². The fourth-order valence-electron chi connectivity index (χ4n) is 3.54. The first kappa shape index (κ1) is 22.7. The molecule has 3 rings (SSSR count). The van der Waals surface area contributed by atoms with E-state index in [4.69, 9.17) is 4.74 Å². The Morgan fingerprint density at radius 3 is 2.54 bits per heavy atom. The summed E-state index contributed by atoms with van der Waals surface area (Å²) in [7, 11) is 3.60. The molecule has 0 aliphatic heterocycles. The van der Waals surface area contributed by atoms with Crippen LogP contribution in [0.3, 0.4) is 0 Å². The normalized spacial score (nSPS) is 15.4. The van der Waals surface area contributed by atoms with Crippen molar-refractivity contribution < 1.29 is 4.74 Å². The van der Waals surface area contributed by atoms with E-state index in [2.05, 4.69) is 49.4 Å². The van der Waals surface area contributed by atoms with E-state index < -0.39 is 0 Å². The monoisotopic (exact) mass is 497 g/mol. The average molecular weight is 497 g/mol. The minimum atomic E-state index is 0. The smallest absolute Gasteiger partial charge is 0.191 e. The average Bonchev–Trinajstić information content (AvgIpc) is 3.17. The van der Waals surface area contributed by atoms with E-state index in [-0.39, 0.29) is 24.0 Å². The topological polar surface area (TPSA) is 63.5 Å². The molecule has 1 saturated carbocycles. The maximum absolute atomic E-state index is 5.28. The van der Waals surface area contributed by atoms with Crippen LogP contribution in [0.4, 0.5) is 0 Å². The van der Waals surface area contributed by atoms with Crippen LogP contribution >= 0.6 is 24.0 Å². The van der Waals surface area contributed by atoms with Crippen LogP contribution in [0.5, 0.6) is 0 Å². The lowest BCUT2D eigenvalue weighted by molar-refractivity contribution is 0.0732. The lowest BCUT2D eigenvalue weighted by Gasteiger charge is -2.42. The molecule has 7 heteroatoms. The molecule has 0 unspecified atom stereocenters. The van der Waals surface area contributed by atoms with Gasteiger partial charge in [-0.05, 0) is 35.8 Å². The Balaban J connectivity index is 0.00000280. The fourth-order valence-corrected chi connectivity index (χ4v) is 3.54. The quantitative estimate of drug-likeness (QED) is 0.317. The van der Waals surface area contributed by atoms with Crippen LogP contribution in [0, 0.1) is 5.41 Å². The van der Waals surface area contributed by atoms with Gasteiger partial charge in [-0.15, -0.1) is 24.0 Å². The highest BCUT2D eigenvalue weighted by Gasteiger charge is 2.36. The minimum Gasteiger partial charge on any atom is -0.385 e. The fraction of sp³-hybridized carbons (Fsp3) is 0.524. The Bertz CT molecular complexity index is 711. The van der Waals surface area contributed by atoms with Gasteiger partial charge in [0.25, 0.3) is 0 Å². The number of ether oxygens (including phenoxy) is 1. The highest BCUT2D eigenvalue weighted by atomic mass is 127. The van der Waals surface area contributed by atoms with E-state index in [1.54, 1.807) is 13.3 Å². The lowest BCUT2D eigenvalue weighted by Crippen LogP contribution is -2.46. The number of hydrogen-bond donors (Lipinski definition) is 2. The van der Waals surface area contributed by atoms with E-state index in [9.17, 15) is 0 Å². The van der Waals surface area contributed by atoms with Crippen molar-refractivity contribution >= 4 is 29.9 Å². The van der Waals surface area contributed by atoms with E-state index in [0.29, 0.717) is 5.41 Å². The molecule has 0 atom stereocenters. The minimum absolute atomic E-state index is 0. The second kappa shape index (κ2) is 11.4. The first-order chi connectivity index (χ1) is 13.2. The van der Waals surface area contributed by atoms with Gasteiger partial charge in [0, 0.05) is 52.8 Å². The van der Waals surface area contributed by atoms with Crippen molar-refractivity contribution in [3.8, 4) is 0 Å². The number of rotatable bonds is 9. The molecule has 0 radical (unpaired) electrons. The second-order valence-electron chi connectivity index (χ2n) is 7.43. The third-order valence-corrected chi connectivity index (χ3v) is 5.51. The van der Waals surface area contributed by atoms with Gasteiger partial charge in [-0.3, -0.25) is 4.99 Å². The molecule has 2 aromatic rings. The number of imidazole rings is 1. The lowest BCUT2D eigenvalue weighted by atomic mass is 9.67. The summed E-state index contributed by atoms with van der Waals surface area (Å²) in [5.41, 5.74) is 2.89. The number of halogens is 1. The van der Waals surface area contributed by atoms with Gasteiger partial charge >= 0.3 is 0 Å². The van der Waals surface area contributed by atoms with E-state index in [1.807, 2.05) is 19.6 Å². The van der Waals surface area contributed by atoms with Gasteiger partial charge in [0.1, 0.15) is 0 Å². The molecule has 1 aromatic carbocycles. The Labute approximate surface area is 185 Å². The molecule has 2 N–H and O–H groups in total. The zero-order chi connectivity index (χ0) is 19.0. The van der Waals surface area contributed by atoms with Crippen molar-refractivity contribution in [3.05, 3.63) is 54.1 Å². The molecule has 1 aliphatic carbocycles. The van der Waals surface area contributed by atoms with Crippen molar-refractivity contribution in [3.63, 3.8) is 0 Å². The zero-order valence-electron chi connectivity index (χ0n) is 16.9. The summed E-state index contributed by atoms with van der Waals surface area (Å²) in [6.07, 6.45) is 10.6. The van der Waals surface area contributed by atoms with E-state index >= 15 is 0 Å². The number of aromatic nitrogens is 2. The Hall–Kier alpha value is -1.61. The largest absolute Gasteiger partial charge is 0.385 e. The number of methoxy groups -OCH3 is 1. The molecule has 28 heavy (non-hydrogen) atoms. The molecule has 0 bridgehead atoms. The van der Waals surface area contributed by atoms with Gasteiger partial charge in [-0.1, -0.05) is 30.7 Å². The maximum Gasteiger partial charge on any atom is 0.191 e. The van der Waals surface area contributed by atoms with Gasteiger partial charge in [-0.2, -0.15) is 0 Å². The summed E-state index contributed by atoms with van der Waals surface area (Å²) >= 11 is 0. The highest BCUT2D eigenvalue weighted by molar-refractivity contribution is 14.0. The van der Waals surface area contributed by atoms with Gasteiger partial charge in [-0.25, -0.2) is 4.98 Å². The molecule has 1 aliphatic rings. The molecule has 0 spiro atoms. The van der Waals surface area contributed by atoms with E-state index in [0.717, 1.165) is 38.6 Å². The molecular weight excluding hydrogens is 465 g/mol. The van der Waals surface area contributed by atoms with Crippen LogP contribution < -0.4 is 10.6 Å². The predicted molar refractivity (Wildman–Crippen MR) is 124 cm³/mol. The summed E-state index contributed by atoms with van der Waals surface area (Å²) in [6, 6.07) is 8.67.